The molecular formula is C11H10ClN3O3S2. The molecule has 0 atom stereocenters. The second kappa shape index (κ2) is 6.96. The van der Waals surface area contributed by atoms with E-state index < -0.39 is 4.92 Å². The predicted molar refractivity (Wildman–Crippen MR) is 84.0 cm³/mol. The van der Waals surface area contributed by atoms with Crippen LogP contribution in [0.5, 0.6) is 0 Å². The van der Waals surface area contributed by atoms with Crippen molar-refractivity contribution in [2.45, 2.75) is 0 Å². The Hall–Kier alpha value is -1.25. The summed E-state index contributed by atoms with van der Waals surface area (Å²) in [7, 11) is 0. The van der Waals surface area contributed by atoms with Crippen molar-refractivity contribution < 1.29 is 9.72 Å². The number of carbonyl (C=O) groups excluding carboxylic acids is 1. The van der Waals surface area contributed by atoms with Crippen LogP contribution in [0.4, 0.5) is 11.4 Å². The fourth-order valence-electron chi connectivity index (χ4n) is 1.46. The van der Waals surface area contributed by atoms with Gasteiger partial charge in [-0.2, -0.15) is 0 Å². The molecule has 0 saturated carbocycles. The van der Waals surface area contributed by atoms with E-state index in [1.165, 1.54) is 30.0 Å². The zero-order chi connectivity index (χ0) is 14.5. The summed E-state index contributed by atoms with van der Waals surface area (Å²) in [4.78, 5) is 26.1. The van der Waals surface area contributed by atoms with E-state index >= 15 is 0 Å². The highest BCUT2D eigenvalue weighted by Gasteiger charge is 2.15. The molecule has 0 spiro atoms. The van der Waals surface area contributed by atoms with Crippen molar-refractivity contribution in [3.05, 3.63) is 33.3 Å². The molecule has 0 fully saturated rings. The van der Waals surface area contributed by atoms with Crippen molar-refractivity contribution in [1.29, 1.82) is 0 Å². The molecule has 1 aliphatic heterocycles. The van der Waals surface area contributed by atoms with E-state index in [2.05, 4.69) is 10.3 Å². The fourth-order valence-corrected chi connectivity index (χ4v) is 3.45. The van der Waals surface area contributed by atoms with Crippen LogP contribution in [0.3, 0.4) is 0 Å². The first-order chi connectivity index (χ1) is 9.56. The van der Waals surface area contributed by atoms with Crippen LogP contribution in [0.25, 0.3) is 0 Å². The number of rotatable bonds is 4. The SMILES string of the molecule is O=C(CSC1=NCCS1)Nc1ccc(Cl)c([N+](=O)[O-])c1. The summed E-state index contributed by atoms with van der Waals surface area (Å²) in [5.74, 6) is 0.942. The number of halogens is 1. The Morgan fingerprint density at radius 3 is 3.05 bits per heavy atom. The Morgan fingerprint density at radius 1 is 1.60 bits per heavy atom. The molecule has 6 nitrogen and oxygen atoms in total. The number of carbonyl (C=O) groups is 1. The summed E-state index contributed by atoms with van der Waals surface area (Å²) >= 11 is 8.69. The number of nitrogens with one attached hydrogen (secondary N) is 1. The summed E-state index contributed by atoms with van der Waals surface area (Å²) in [5, 5.41) is 13.4. The lowest BCUT2D eigenvalue weighted by Gasteiger charge is -2.05. The molecule has 1 N–H and O–H groups in total. The lowest BCUT2D eigenvalue weighted by atomic mass is 10.3. The third kappa shape index (κ3) is 4.12. The number of thioether (sulfide) groups is 2. The molecule has 1 aromatic carbocycles. The monoisotopic (exact) mass is 331 g/mol. The van der Waals surface area contributed by atoms with Gasteiger partial charge in [0.1, 0.15) is 9.40 Å². The van der Waals surface area contributed by atoms with Gasteiger partial charge in [-0.3, -0.25) is 19.9 Å². The van der Waals surface area contributed by atoms with Gasteiger partial charge >= 0.3 is 0 Å². The van der Waals surface area contributed by atoms with Crippen molar-refractivity contribution in [2.24, 2.45) is 4.99 Å². The lowest BCUT2D eigenvalue weighted by Crippen LogP contribution is -2.14. The van der Waals surface area contributed by atoms with Crippen molar-refractivity contribution in [1.82, 2.24) is 0 Å². The molecule has 20 heavy (non-hydrogen) atoms. The predicted octanol–water partition coefficient (Wildman–Crippen LogP) is 3.02. The van der Waals surface area contributed by atoms with Crippen LogP contribution in [0, 0.1) is 10.1 Å². The molecule has 0 aliphatic carbocycles. The fraction of sp³-hybridized carbons (Fsp3) is 0.273. The molecular weight excluding hydrogens is 322 g/mol. The Labute approximate surface area is 128 Å². The molecule has 0 aromatic heterocycles. The maximum Gasteiger partial charge on any atom is 0.289 e. The molecule has 2 rings (SSSR count). The zero-order valence-electron chi connectivity index (χ0n) is 10.2. The maximum atomic E-state index is 11.7. The van der Waals surface area contributed by atoms with E-state index in [1.807, 2.05) is 0 Å². The van der Waals surface area contributed by atoms with Gasteiger partial charge < -0.3 is 5.32 Å². The van der Waals surface area contributed by atoms with Gasteiger partial charge in [-0.15, -0.1) is 0 Å². The molecule has 0 bridgehead atoms. The van der Waals surface area contributed by atoms with E-state index in [9.17, 15) is 14.9 Å². The highest BCUT2D eigenvalue weighted by Crippen LogP contribution is 2.27. The highest BCUT2D eigenvalue weighted by molar-refractivity contribution is 8.39. The molecule has 0 saturated heterocycles. The van der Waals surface area contributed by atoms with Gasteiger partial charge in [-0.05, 0) is 12.1 Å². The minimum Gasteiger partial charge on any atom is -0.325 e. The Morgan fingerprint density at radius 2 is 2.40 bits per heavy atom. The standard InChI is InChI=1S/C11H10ClN3O3S2/c12-8-2-1-7(5-9(8)15(17)18)14-10(16)6-20-11-13-3-4-19-11/h1-2,5H,3-4,6H2,(H,14,16). The van der Waals surface area contributed by atoms with Crippen molar-refractivity contribution in [3.8, 4) is 0 Å². The van der Waals surface area contributed by atoms with Crippen molar-refractivity contribution >= 4 is 56.8 Å². The van der Waals surface area contributed by atoms with Crippen LogP contribution < -0.4 is 5.32 Å². The number of nitro groups is 1. The van der Waals surface area contributed by atoms with Crippen LogP contribution in [0.2, 0.25) is 5.02 Å². The summed E-state index contributed by atoms with van der Waals surface area (Å²) in [5.41, 5.74) is 0.126. The third-order valence-electron chi connectivity index (χ3n) is 2.31. The number of nitrogens with zero attached hydrogens (tertiary/aromatic N) is 2. The Balaban J connectivity index is 1.93. The first-order valence-corrected chi connectivity index (χ1v) is 7.95. The lowest BCUT2D eigenvalue weighted by molar-refractivity contribution is -0.384. The highest BCUT2D eigenvalue weighted by atomic mass is 35.5. The average molecular weight is 332 g/mol. The number of nitro benzene ring substituents is 1. The van der Waals surface area contributed by atoms with Gasteiger partial charge in [0, 0.05) is 17.5 Å². The third-order valence-corrected chi connectivity index (χ3v) is 4.88. The van der Waals surface area contributed by atoms with Gasteiger partial charge in [-0.25, -0.2) is 0 Å². The molecule has 0 radical (unpaired) electrons. The Kier molecular flexibility index (Phi) is 5.27. The molecule has 1 aromatic rings. The van der Waals surface area contributed by atoms with Gasteiger partial charge in [0.15, 0.2) is 0 Å². The van der Waals surface area contributed by atoms with E-state index in [-0.39, 0.29) is 22.4 Å². The number of hydrogen-bond acceptors (Lipinski definition) is 6. The summed E-state index contributed by atoms with van der Waals surface area (Å²) < 4.78 is 0.905. The molecule has 1 amide bonds. The Bertz CT molecular complexity index is 580. The van der Waals surface area contributed by atoms with Crippen molar-refractivity contribution in [3.63, 3.8) is 0 Å². The second-order valence-electron chi connectivity index (χ2n) is 3.76. The quantitative estimate of drug-likeness (QED) is 0.677. The van der Waals surface area contributed by atoms with Gasteiger partial charge in [0.2, 0.25) is 5.91 Å². The van der Waals surface area contributed by atoms with Crippen LogP contribution >= 0.6 is 35.1 Å². The minimum atomic E-state index is -0.587. The van der Waals surface area contributed by atoms with E-state index in [1.54, 1.807) is 11.8 Å². The second-order valence-corrected chi connectivity index (χ2v) is 6.47. The van der Waals surface area contributed by atoms with Crippen LogP contribution in [0.1, 0.15) is 0 Å². The first-order valence-electron chi connectivity index (χ1n) is 5.60. The van der Waals surface area contributed by atoms with Crippen LogP contribution in [0.15, 0.2) is 23.2 Å². The topological polar surface area (TPSA) is 84.6 Å². The zero-order valence-corrected chi connectivity index (χ0v) is 12.6. The number of aliphatic imine (C=N–C) groups is 1. The van der Waals surface area contributed by atoms with Crippen molar-refractivity contribution in [2.75, 3.05) is 23.4 Å². The smallest absolute Gasteiger partial charge is 0.289 e. The number of amides is 1. The molecule has 1 heterocycles. The van der Waals surface area contributed by atoms with E-state index in [0.29, 0.717) is 5.69 Å². The average Bonchev–Trinajstić information content (AvgIpc) is 2.91. The van der Waals surface area contributed by atoms with Crippen LogP contribution in [-0.4, -0.2) is 33.3 Å². The van der Waals surface area contributed by atoms with Gasteiger partial charge in [0.25, 0.3) is 5.69 Å². The number of anilines is 1. The van der Waals surface area contributed by atoms with E-state index in [0.717, 1.165) is 16.7 Å². The van der Waals surface area contributed by atoms with Crippen LogP contribution in [-0.2, 0) is 4.79 Å². The largest absolute Gasteiger partial charge is 0.325 e. The molecule has 9 heteroatoms. The minimum absolute atomic E-state index is 0.0408. The molecule has 1 aliphatic rings. The van der Waals surface area contributed by atoms with Gasteiger partial charge in [-0.1, -0.05) is 35.1 Å². The molecule has 106 valence electrons. The normalized spacial score (nSPS) is 13.9. The maximum absolute atomic E-state index is 11.7. The summed E-state index contributed by atoms with van der Waals surface area (Å²) in [6, 6.07) is 4.16. The van der Waals surface area contributed by atoms with E-state index in [4.69, 9.17) is 11.6 Å². The first kappa shape index (κ1) is 15.1. The summed E-state index contributed by atoms with van der Waals surface area (Å²) in [6.07, 6.45) is 0. The summed E-state index contributed by atoms with van der Waals surface area (Å²) in [6.45, 7) is 0.790. The number of hydrogen-bond donors (Lipinski definition) is 1. The van der Waals surface area contributed by atoms with Gasteiger partial charge in [0.05, 0.1) is 17.2 Å². The number of benzene rings is 1. The molecule has 0 unspecified atom stereocenters.